The summed E-state index contributed by atoms with van der Waals surface area (Å²) in [6.07, 6.45) is 0.775. The minimum Gasteiger partial charge on any atom is -0.497 e. The van der Waals surface area contributed by atoms with Gasteiger partial charge in [-0.2, -0.15) is 0 Å². The Morgan fingerprint density at radius 1 is 1.45 bits per heavy atom. The monoisotopic (exact) mass is 355 g/mol. The standard InChI is InChI=1S/C14H18BrN3OS/c1-8-14(20-9(2)17-8)13(18-16)7-10-6-11(19-3)4-5-12(10)15/h4-6,13,18H,7,16H2,1-3H3. The first-order valence-electron chi connectivity index (χ1n) is 6.27. The molecule has 2 aromatic rings. The minimum absolute atomic E-state index is 0.0459. The molecule has 4 nitrogen and oxygen atoms in total. The van der Waals surface area contributed by atoms with Crippen LogP contribution in [0.4, 0.5) is 0 Å². The lowest BCUT2D eigenvalue weighted by atomic mass is 10.0. The maximum Gasteiger partial charge on any atom is 0.119 e. The lowest BCUT2D eigenvalue weighted by Gasteiger charge is -2.16. The normalized spacial score (nSPS) is 12.4. The van der Waals surface area contributed by atoms with Crippen LogP contribution in [0.5, 0.6) is 5.75 Å². The van der Waals surface area contributed by atoms with E-state index in [1.807, 2.05) is 32.0 Å². The molecule has 0 amide bonds. The van der Waals surface area contributed by atoms with Crippen LogP contribution in [-0.2, 0) is 6.42 Å². The Labute approximate surface area is 131 Å². The largest absolute Gasteiger partial charge is 0.497 e. The fraction of sp³-hybridized carbons (Fsp3) is 0.357. The van der Waals surface area contributed by atoms with E-state index in [2.05, 4.69) is 26.3 Å². The molecule has 20 heavy (non-hydrogen) atoms. The van der Waals surface area contributed by atoms with Crippen LogP contribution in [0.15, 0.2) is 22.7 Å². The van der Waals surface area contributed by atoms with E-state index in [1.54, 1.807) is 18.4 Å². The molecule has 0 spiro atoms. The number of hydrogen-bond donors (Lipinski definition) is 2. The molecular formula is C14H18BrN3OS. The first-order chi connectivity index (χ1) is 9.55. The number of hydrazine groups is 1. The van der Waals surface area contributed by atoms with E-state index in [9.17, 15) is 0 Å². The molecule has 0 bridgehead atoms. The first-order valence-corrected chi connectivity index (χ1v) is 7.88. The maximum absolute atomic E-state index is 5.73. The van der Waals surface area contributed by atoms with Gasteiger partial charge in [-0.3, -0.25) is 11.3 Å². The third-order valence-corrected chi connectivity index (χ3v) is 5.09. The zero-order valence-corrected chi connectivity index (χ0v) is 14.1. The van der Waals surface area contributed by atoms with Gasteiger partial charge in [-0.15, -0.1) is 11.3 Å². The molecule has 1 aromatic heterocycles. The van der Waals surface area contributed by atoms with E-state index in [-0.39, 0.29) is 6.04 Å². The zero-order chi connectivity index (χ0) is 14.7. The fourth-order valence-corrected chi connectivity index (χ4v) is 3.55. The van der Waals surface area contributed by atoms with E-state index < -0.39 is 0 Å². The third kappa shape index (κ3) is 3.38. The van der Waals surface area contributed by atoms with Crippen LogP contribution in [0.25, 0.3) is 0 Å². The summed E-state index contributed by atoms with van der Waals surface area (Å²) < 4.78 is 6.33. The average molecular weight is 356 g/mol. The van der Waals surface area contributed by atoms with Crippen LogP contribution in [0.3, 0.4) is 0 Å². The predicted octanol–water partition coefficient (Wildman–Crippen LogP) is 3.28. The Bertz CT molecular complexity index is 600. The number of hydrogen-bond acceptors (Lipinski definition) is 5. The number of aromatic nitrogens is 1. The molecule has 0 saturated heterocycles. The van der Waals surface area contributed by atoms with Gasteiger partial charge >= 0.3 is 0 Å². The molecule has 1 aromatic carbocycles. The number of rotatable bonds is 5. The van der Waals surface area contributed by atoms with Crippen molar-refractivity contribution < 1.29 is 4.74 Å². The van der Waals surface area contributed by atoms with Gasteiger partial charge in [0.05, 0.1) is 23.9 Å². The zero-order valence-electron chi connectivity index (χ0n) is 11.7. The summed E-state index contributed by atoms with van der Waals surface area (Å²) in [5.41, 5.74) is 5.08. The fourth-order valence-electron chi connectivity index (χ4n) is 2.15. The van der Waals surface area contributed by atoms with Gasteiger partial charge in [0.2, 0.25) is 0 Å². The summed E-state index contributed by atoms with van der Waals surface area (Å²) in [5.74, 6) is 6.58. The second-order valence-electron chi connectivity index (χ2n) is 4.56. The van der Waals surface area contributed by atoms with Crippen LogP contribution in [0.1, 0.15) is 27.2 Å². The summed E-state index contributed by atoms with van der Waals surface area (Å²) in [6, 6.07) is 6.00. The number of nitrogens with one attached hydrogen (secondary N) is 1. The quantitative estimate of drug-likeness (QED) is 0.638. The van der Waals surface area contributed by atoms with Crippen molar-refractivity contribution in [3.8, 4) is 5.75 Å². The number of methoxy groups -OCH3 is 1. The van der Waals surface area contributed by atoms with Gasteiger partial charge in [-0.05, 0) is 44.0 Å². The smallest absolute Gasteiger partial charge is 0.119 e. The average Bonchev–Trinajstić information content (AvgIpc) is 2.76. The summed E-state index contributed by atoms with van der Waals surface area (Å²) in [7, 11) is 1.67. The summed E-state index contributed by atoms with van der Waals surface area (Å²) in [6.45, 7) is 4.03. The Morgan fingerprint density at radius 3 is 2.75 bits per heavy atom. The van der Waals surface area contributed by atoms with Crippen molar-refractivity contribution in [2.75, 3.05) is 7.11 Å². The molecular weight excluding hydrogens is 338 g/mol. The van der Waals surface area contributed by atoms with Gasteiger partial charge in [-0.25, -0.2) is 4.98 Å². The SMILES string of the molecule is COc1ccc(Br)c(CC(NN)c2sc(C)nc2C)c1. The van der Waals surface area contributed by atoms with Gasteiger partial charge in [0.15, 0.2) is 0 Å². The first kappa shape index (κ1) is 15.4. The molecule has 6 heteroatoms. The molecule has 1 heterocycles. The number of halogens is 1. The van der Waals surface area contributed by atoms with Crippen LogP contribution in [0, 0.1) is 13.8 Å². The summed E-state index contributed by atoms with van der Waals surface area (Å²) in [4.78, 5) is 5.64. The Kier molecular flexibility index (Phi) is 5.15. The topological polar surface area (TPSA) is 60.2 Å². The molecule has 0 aliphatic rings. The van der Waals surface area contributed by atoms with Crippen LogP contribution in [-0.4, -0.2) is 12.1 Å². The Balaban J connectivity index is 2.28. The van der Waals surface area contributed by atoms with Crippen molar-refractivity contribution in [2.45, 2.75) is 26.3 Å². The van der Waals surface area contributed by atoms with Crippen molar-refractivity contribution in [1.29, 1.82) is 0 Å². The summed E-state index contributed by atoms with van der Waals surface area (Å²) in [5, 5.41) is 1.06. The van der Waals surface area contributed by atoms with Crippen LogP contribution >= 0.6 is 27.3 Å². The van der Waals surface area contributed by atoms with Gasteiger partial charge in [0.1, 0.15) is 5.75 Å². The highest BCUT2D eigenvalue weighted by molar-refractivity contribution is 9.10. The number of nitrogens with zero attached hydrogens (tertiary/aromatic N) is 1. The number of benzene rings is 1. The van der Waals surface area contributed by atoms with Crippen molar-refractivity contribution in [1.82, 2.24) is 10.4 Å². The molecule has 0 radical (unpaired) electrons. The van der Waals surface area contributed by atoms with Crippen molar-refractivity contribution in [3.63, 3.8) is 0 Å². The van der Waals surface area contributed by atoms with Crippen LogP contribution < -0.4 is 16.0 Å². The summed E-state index contributed by atoms with van der Waals surface area (Å²) >= 11 is 5.26. The molecule has 0 fully saturated rings. The van der Waals surface area contributed by atoms with Crippen molar-refractivity contribution in [2.24, 2.45) is 5.84 Å². The van der Waals surface area contributed by atoms with Gasteiger partial charge in [-0.1, -0.05) is 15.9 Å². The number of nitrogens with two attached hydrogens (primary N) is 1. The van der Waals surface area contributed by atoms with Gasteiger partial charge in [0, 0.05) is 9.35 Å². The Morgan fingerprint density at radius 2 is 2.20 bits per heavy atom. The van der Waals surface area contributed by atoms with Crippen molar-refractivity contribution >= 4 is 27.3 Å². The second-order valence-corrected chi connectivity index (χ2v) is 6.65. The highest BCUT2D eigenvalue weighted by Gasteiger charge is 2.18. The number of ether oxygens (including phenoxy) is 1. The van der Waals surface area contributed by atoms with E-state index in [0.29, 0.717) is 0 Å². The van der Waals surface area contributed by atoms with E-state index in [4.69, 9.17) is 10.6 Å². The molecule has 0 saturated carbocycles. The predicted molar refractivity (Wildman–Crippen MR) is 86.1 cm³/mol. The lowest BCUT2D eigenvalue weighted by Crippen LogP contribution is -2.29. The highest BCUT2D eigenvalue weighted by Crippen LogP contribution is 2.30. The van der Waals surface area contributed by atoms with E-state index >= 15 is 0 Å². The van der Waals surface area contributed by atoms with Gasteiger partial charge < -0.3 is 4.74 Å². The molecule has 0 aliphatic carbocycles. The molecule has 3 N–H and O–H groups in total. The number of aryl methyl sites for hydroxylation is 2. The molecule has 108 valence electrons. The lowest BCUT2D eigenvalue weighted by molar-refractivity contribution is 0.413. The molecule has 2 rings (SSSR count). The molecule has 1 unspecified atom stereocenters. The second kappa shape index (κ2) is 6.67. The molecule has 0 aliphatic heterocycles. The van der Waals surface area contributed by atoms with Gasteiger partial charge in [0.25, 0.3) is 0 Å². The minimum atomic E-state index is 0.0459. The Hall–Kier alpha value is -0.950. The van der Waals surface area contributed by atoms with Crippen molar-refractivity contribution in [3.05, 3.63) is 43.8 Å². The third-order valence-electron chi connectivity index (χ3n) is 3.13. The van der Waals surface area contributed by atoms with E-state index in [0.717, 1.165) is 32.9 Å². The maximum atomic E-state index is 5.73. The highest BCUT2D eigenvalue weighted by atomic mass is 79.9. The number of thiazole rings is 1. The molecule has 1 atom stereocenters. The van der Waals surface area contributed by atoms with E-state index in [1.165, 1.54) is 4.88 Å². The van der Waals surface area contributed by atoms with Crippen LogP contribution in [0.2, 0.25) is 0 Å².